The van der Waals surface area contributed by atoms with E-state index in [1.165, 1.54) is 6.92 Å². The second-order valence-corrected chi connectivity index (χ2v) is 3.15. The van der Waals surface area contributed by atoms with Gasteiger partial charge in [0.2, 0.25) is 5.91 Å². The van der Waals surface area contributed by atoms with Crippen molar-refractivity contribution >= 4 is 5.91 Å². The second kappa shape index (κ2) is 6.13. The van der Waals surface area contributed by atoms with Crippen LogP contribution in [0.15, 0.2) is 6.33 Å². The topological polar surface area (TPSA) is 71.8 Å². The average Bonchev–Trinajstić information content (AvgIpc) is 2.64. The first-order chi connectivity index (χ1) is 7.24. The van der Waals surface area contributed by atoms with Crippen molar-refractivity contribution in [3.05, 3.63) is 12.2 Å². The Bertz CT molecular complexity index is 309. The lowest BCUT2D eigenvalue weighted by atomic mass is 10.5. The van der Waals surface area contributed by atoms with Crippen LogP contribution in [0.4, 0.5) is 0 Å². The minimum Gasteiger partial charge on any atom is -0.355 e. The molecule has 84 valence electrons. The van der Waals surface area contributed by atoms with E-state index in [-0.39, 0.29) is 5.91 Å². The fourth-order valence-electron chi connectivity index (χ4n) is 1.22. The summed E-state index contributed by atoms with van der Waals surface area (Å²) in [7, 11) is 0. The lowest BCUT2D eigenvalue weighted by molar-refractivity contribution is -0.118. The summed E-state index contributed by atoms with van der Waals surface area (Å²) in [6.07, 6.45) is 1.55. The minimum atomic E-state index is -0.00600. The van der Waals surface area contributed by atoms with Crippen LogP contribution < -0.4 is 10.6 Å². The molecule has 0 atom stereocenters. The van der Waals surface area contributed by atoms with Crippen LogP contribution in [-0.4, -0.2) is 33.8 Å². The molecular formula is C9H17N5O. The fourth-order valence-corrected chi connectivity index (χ4v) is 1.22. The van der Waals surface area contributed by atoms with Gasteiger partial charge in [-0.1, -0.05) is 0 Å². The van der Waals surface area contributed by atoms with Gasteiger partial charge < -0.3 is 10.6 Å². The van der Waals surface area contributed by atoms with Gasteiger partial charge in [-0.05, 0) is 6.92 Å². The molecule has 0 bridgehead atoms. The minimum absolute atomic E-state index is 0.00600. The van der Waals surface area contributed by atoms with Gasteiger partial charge >= 0.3 is 0 Å². The summed E-state index contributed by atoms with van der Waals surface area (Å²) in [6, 6.07) is 0. The molecule has 0 aliphatic heterocycles. The van der Waals surface area contributed by atoms with E-state index in [9.17, 15) is 4.79 Å². The van der Waals surface area contributed by atoms with Gasteiger partial charge in [0.05, 0.1) is 6.54 Å². The van der Waals surface area contributed by atoms with Crippen LogP contribution in [-0.2, 0) is 17.9 Å². The van der Waals surface area contributed by atoms with Crippen LogP contribution >= 0.6 is 0 Å². The van der Waals surface area contributed by atoms with Crippen molar-refractivity contribution in [3.63, 3.8) is 0 Å². The van der Waals surface area contributed by atoms with E-state index in [1.54, 1.807) is 6.33 Å². The van der Waals surface area contributed by atoms with E-state index < -0.39 is 0 Å². The van der Waals surface area contributed by atoms with Crippen LogP contribution in [0, 0.1) is 0 Å². The highest BCUT2D eigenvalue weighted by Crippen LogP contribution is 1.91. The lowest BCUT2D eigenvalue weighted by Crippen LogP contribution is -2.30. The molecule has 0 fully saturated rings. The highest BCUT2D eigenvalue weighted by Gasteiger charge is 2.00. The molecule has 6 heteroatoms. The Morgan fingerprint density at radius 1 is 1.53 bits per heavy atom. The van der Waals surface area contributed by atoms with Crippen LogP contribution in [0.2, 0.25) is 0 Å². The Morgan fingerprint density at radius 2 is 2.33 bits per heavy atom. The van der Waals surface area contributed by atoms with Gasteiger partial charge in [-0.3, -0.25) is 4.79 Å². The largest absolute Gasteiger partial charge is 0.355 e. The Morgan fingerprint density at radius 3 is 3.00 bits per heavy atom. The zero-order chi connectivity index (χ0) is 11.1. The first-order valence-electron chi connectivity index (χ1n) is 5.06. The van der Waals surface area contributed by atoms with Gasteiger partial charge in [0.15, 0.2) is 0 Å². The molecule has 0 radical (unpaired) electrons. The molecule has 1 rings (SSSR count). The van der Waals surface area contributed by atoms with E-state index in [4.69, 9.17) is 0 Å². The van der Waals surface area contributed by atoms with Crippen molar-refractivity contribution in [3.8, 4) is 0 Å². The zero-order valence-electron chi connectivity index (χ0n) is 9.16. The molecule has 1 aromatic heterocycles. The SMILES string of the molecule is CCn1ncnc1CNCCNC(C)=O. The van der Waals surface area contributed by atoms with Crippen molar-refractivity contribution in [2.24, 2.45) is 0 Å². The van der Waals surface area contributed by atoms with Crippen molar-refractivity contribution in [2.75, 3.05) is 13.1 Å². The number of aryl methyl sites for hydroxylation is 1. The molecule has 0 saturated carbocycles. The smallest absolute Gasteiger partial charge is 0.216 e. The van der Waals surface area contributed by atoms with Crippen molar-refractivity contribution < 1.29 is 4.79 Å². The summed E-state index contributed by atoms with van der Waals surface area (Å²) in [5.41, 5.74) is 0. The third-order valence-corrected chi connectivity index (χ3v) is 1.95. The van der Waals surface area contributed by atoms with Gasteiger partial charge in [-0.25, -0.2) is 9.67 Å². The maximum absolute atomic E-state index is 10.6. The number of rotatable bonds is 6. The summed E-state index contributed by atoms with van der Waals surface area (Å²) in [5, 5.41) is 9.95. The maximum Gasteiger partial charge on any atom is 0.216 e. The molecule has 0 aliphatic carbocycles. The van der Waals surface area contributed by atoms with Crippen LogP contribution in [0.1, 0.15) is 19.7 Å². The van der Waals surface area contributed by atoms with Crippen LogP contribution in [0.5, 0.6) is 0 Å². The Labute approximate surface area is 89.1 Å². The molecule has 0 spiro atoms. The van der Waals surface area contributed by atoms with Gasteiger partial charge in [-0.15, -0.1) is 0 Å². The van der Waals surface area contributed by atoms with Crippen molar-refractivity contribution in [1.29, 1.82) is 0 Å². The molecule has 0 unspecified atom stereocenters. The van der Waals surface area contributed by atoms with Crippen molar-refractivity contribution in [2.45, 2.75) is 26.9 Å². The molecule has 0 saturated heterocycles. The Balaban J connectivity index is 2.17. The van der Waals surface area contributed by atoms with E-state index in [0.717, 1.165) is 18.9 Å². The fraction of sp³-hybridized carbons (Fsp3) is 0.667. The number of hydrogen-bond donors (Lipinski definition) is 2. The van der Waals surface area contributed by atoms with Gasteiger partial charge in [0, 0.05) is 26.6 Å². The number of amides is 1. The molecule has 1 amide bonds. The zero-order valence-corrected chi connectivity index (χ0v) is 9.16. The monoisotopic (exact) mass is 211 g/mol. The predicted octanol–water partition coefficient (Wildman–Crippen LogP) is -0.476. The van der Waals surface area contributed by atoms with Gasteiger partial charge in [0.1, 0.15) is 12.2 Å². The Hall–Kier alpha value is -1.43. The van der Waals surface area contributed by atoms with E-state index in [0.29, 0.717) is 13.1 Å². The molecule has 6 nitrogen and oxygen atoms in total. The third-order valence-electron chi connectivity index (χ3n) is 1.95. The number of nitrogens with zero attached hydrogens (tertiary/aromatic N) is 3. The van der Waals surface area contributed by atoms with Crippen LogP contribution in [0.3, 0.4) is 0 Å². The summed E-state index contributed by atoms with van der Waals surface area (Å²) in [6.45, 7) is 6.39. The predicted molar refractivity (Wildman–Crippen MR) is 56.1 cm³/mol. The lowest BCUT2D eigenvalue weighted by Gasteiger charge is -2.05. The number of hydrogen-bond acceptors (Lipinski definition) is 4. The van der Waals surface area contributed by atoms with E-state index >= 15 is 0 Å². The van der Waals surface area contributed by atoms with Crippen molar-refractivity contribution in [1.82, 2.24) is 25.4 Å². The quantitative estimate of drug-likeness (QED) is 0.624. The summed E-state index contributed by atoms with van der Waals surface area (Å²) >= 11 is 0. The first kappa shape index (κ1) is 11.6. The summed E-state index contributed by atoms with van der Waals surface area (Å²) in [5.74, 6) is 0.911. The van der Waals surface area contributed by atoms with E-state index in [2.05, 4.69) is 20.7 Å². The second-order valence-electron chi connectivity index (χ2n) is 3.15. The number of carbonyl (C=O) groups is 1. The third kappa shape index (κ3) is 4.07. The molecule has 15 heavy (non-hydrogen) atoms. The number of nitrogens with one attached hydrogen (secondary N) is 2. The van der Waals surface area contributed by atoms with Gasteiger partial charge in [-0.2, -0.15) is 5.10 Å². The molecule has 0 aliphatic rings. The summed E-state index contributed by atoms with van der Waals surface area (Å²) < 4.78 is 1.84. The molecule has 1 heterocycles. The van der Waals surface area contributed by atoms with Gasteiger partial charge in [0.25, 0.3) is 0 Å². The summed E-state index contributed by atoms with van der Waals surface area (Å²) in [4.78, 5) is 14.7. The maximum atomic E-state index is 10.6. The highest BCUT2D eigenvalue weighted by atomic mass is 16.1. The first-order valence-corrected chi connectivity index (χ1v) is 5.06. The number of aromatic nitrogens is 3. The molecule has 0 aromatic carbocycles. The molecular weight excluding hydrogens is 194 g/mol. The standard InChI is InChI=1S/C9H17N5O/c1-3-14-9(12-7-13-14)6-10-4-5-11-8(2)15/h7,10H,3-6H2,1-2H3,(H,11,15). The van der Waals surface area contributed by atoms with E-state index in [1.807, 2.05) is 11.6 Å². The number of carbonyl (C=O) groups excluding carboxylic acids is 1. The highest BCUT2D eigenvalue weighted by molar-refractivity contribution is 5.72. The average molecular weight is 211 g/mol. The molecule has 2 N–H and O–H groups in total. The Kier molecular flexibility index (Phi) is 4.76. The molecule has 1 aromatic rings. The normalized spacial score (nSPS) is 10.3. The van der Waals surface area contributed by atoms with Crippen LogP contribution in [0.25, 0.3) is 0 Å².